The first-order chi connectivity index (χ1) is 14.4. The van der Waals surface area contributed by atoms with Crippen molar-refractivity contribution in [2.24, 2.45) is 5.92 Å². The summed E-state index contributed by atoms with van der Waals surface area (Å²) in [6.07, 6.45) is 0.976. The Morgan fingerprint density at radius 1 is 1.17 bits per heavy atom. The number of hydrogen-bond acceptors (Lipinski definition) is 4. The lowest BCUT2D eigenvalue weighted by atomic mass is 9.95. The number of rotatable bonds is 3. The fourth-order valence-electron chi connectivity index (χ4n) is 3.56. The second-order valence-corrected chi connectivity index (χ2v) is 8.76. The SMILES string of the molecule is O=C(Nc1ccc(F)c(Cl)c1)C1CCN(C(=O)[C@@H]2Sc3ccccc3NC2=O)CC1. The van der Waals surface area contributed by atoms with Crippen molar-refractivity contribution in [3.8, 4) is 0 Å². The van der Waals surface area contributed by atoms with E-state index in [9.17, 15) is 18.8 Å². The van der Waals surface area contributed by atoms with Crippen LogP contribution in [0, 0.1) is 11.7 Å². The average Bonchev–Trinajstić information content (AvgIpc) is 2.75. The zero-order valence-corrected chi connectivity index (χ0v) is 17.4. The Morgan fingerprint density at radius 3 is 2.63 bits per heavy atom. The van der Waals surface area contributed by atoms with Crippen LogP contribution in [-0.2, 0) is 14.4 Å². The van der Waals surface area contributed by atoms with E-state index in [1.807, 2.05) is 18.2 Å². The summed E-state index contributed by atoms with van der Waals surface area (Å²) in [5.41, 5.74) is 1.15. The van der Waals surface area contributed by atoms with Gasteiger partial charge in [0, 0.05) is 29.6 Å². The fraction of sp³-hybridized carbons (Fsp3) is 0.286. The monoisotopic (exact) mass is 447 g/mol. The number of piperidine rings is 1. The normalized spacial score (nSPS) is 19.1. The Bertz CT molecular complexity index is 1010. The molecule has 0 bridgehead atoms. The molecule has 2 aliphatic heterocycles. The Balaban J connectivity index is 1.34. The summed E-state index contributed by atoms with van der Waals surface area (Å²) < 4.78 is 13.3. The highest BCUT2D eigenvalue weighted by Gasteiger charge is 2.37. The number of anilines is 2. The Morgan fingerprint density at radius 2 is 1.90 bits per heavy atom. The molecule has 0 saturated carbocycles. The number of halogens is 2. The lowest BCUT2D eigenvalue weighted by Crippen LogP contribution is -2.48. The summed E-state index contributed by atoms with van der Waals surface area (Å²) in [6.45, 7) is 0.792. The number of amides is 3. The summed E-state index contributed by atoms with van der Waals surface area (Å²) in [7, 11) is 0. The molecular weight excluding hydrogens is 429 g/mol. The number of hydrogen-bond donors (Lipinski definition) is 2. The first-order valence-corrected chi connectivity index (χ1v) is 10.8. The van der Waals surface area contributed by atoms with Crippen molar-refractivity contribution in [1.29, 1.82) is 0 Å². The summed E-state index contributed by atoms with van der Waals surface area (Å²) in [6, 6.07) is 11.4. The number of nitrogens with one attached hydrogen (secondary N) is 2. The van der Waals surface area contributed by atoms with Gasteiger partial charge in [0.1, 0.15) is 5.82 Å². The molecule has 0 aromatic heterocycles. The van der Waals surface area contributed by atoms with Gasteiger partial charge in [0.2, 0.25) is 17.7 Å². The number of benzene rings is 2. The minimum atomic E-state index is -0.827. The van der Waals surface area contributed by atoms with Crippen molar-refractivity contribution in [3.63, 3.8) is 0 Å². The number of nitrogens with zero attached hydrogens (tertiary/aromatic N) is 1. The van der Waals surface area contributed by atoms with Crippen molar-refractivity contribution in [2.45, 2.75) is 23.0 Å². The number of carbonyl (C=O) groups excluding carboxylic acids is 3. The summed E-state index contributed by atoms with van der Waals surface area (Å²) >= 11 is 7.00. The molecule has 1 fully saturated rings. The molecule has 0 aliphatic carbocycles. The fourth-order valence-corrected chi connectivity index (χ4v) is 4.81. The third-order valence-corrected chi connectivity index (χ3v) is 6.77. The van der Waals surface area contributed by atoms with Crippen molar-refractivity contribution in [1.82, 2.24) is 4.90 Å². The Labute approximate surface area is 182 Å². The maximum absolute atomic E-state index is 13.3. The van der Waals surface area contributed by atoms with Crippen LogP contribution in [0.15, 0.2) is 47.4 Å². The maximum Gasteiger partial charge on any atom is 0.247 e. The summed E-state index contributed by atoms with van der Waals surface area (Å²) in [5, 5.41) is 4.64. The van der Waals surface area contributed by atoms with Crippen LogP contribution in [0.25, 0.3) is 0 Å². The molecular formula is C21H19ClFN3O3S. The van der Waals surface area contributed by atoms with Gasteiger partial charge in [0.25, 0.3) is 0 Å². The minimum absolute atomic E-state index is 0.0574. The molecule has 0 unspecified atom stereocenters. The molecule has 0 spiro atoms. The number of likely N-dealkylation sites (tertiary alicyclic amines) is 1. The van der Waals surface area contributed by atoms with Gasteiger partial charge in [-0.3, -0.25) is 14.4 Å². The van der Waals surface area contributed by atoms with E-state index in [-0.39, 0.29) is 28.7 Å². The van der Waals surface area contributed by atoms with E-state index < -0.39 is 11.1 Å². The van der Waals surface area contributed by atoms with E-state index in [2.05, 4.69) is 10.6 Å². The predicted octanol–water partition coefficient (Wildman–Crippen LogP) is 3.77. The molecule has 9 heteroatoms. The number of carbonyl (C=O) groups is 3. The second-order valence-electron chi connectivity index (χ2n) is 7.20. The van der Waals surface area contributed by atoms with E-state index in [0.717, 1.165) is 4.90 Å². The van der Waals surface area contributed by atoms with Crippen LogP contribution >= 0.6 is 23.4 Å². The topological polar surface area (TPSA) is 78.5 Å². The van der Waals surface area contributed by atoms with E-state index in [1.54, 1.807) is 11.0 Å². The van der Waals surface area contributed by atoms with Crippen LogP contribution in [0.3, 0.4) is 0 Å². The summed E-state index contributed by atoms with van der Waals surface area (Å²) in [5.74, 6) is -1.57. The summed E-state index contributed by atoms with van der Waals surface area (Å²) in [4.78, 5) is 40.3. The molecule has 156 valence electrons. The lowest BCUT2D eigenvalue weighted by Gasteiger charge is -2.34. The van der Waals surface area contributed by atoms with Crippen LogP contribution in [0.5, 0.6) is 0 Å². The van der Waals surface area contributed by atoms with Crippen molar-refractivity contribution in [3.05, 3.63) is 53.3 Å². The van der Waals surface area contributed by atoms with Crippen LogP contribution in [0.4, 0.5) is 15.8 Å². The van der Waals surface area contributed by atoms with Crippen molar-refractivity contribution < 1.29 is 18.8 Å². The third-order valence-electron chi connectivity index (χ3n) is 5.22. The molecule has 6 nitrogen and oxygen atoms in total. The molecule has 2 N–H and O–H groups in total. The predicted molar refractivity (Wildman–Crippen MR) is 114 cm³/mol. The Hall–Kier alpha value is -2.58. The van der Waals surface area contributed by atoms with E-state index in [1.165, 1.54) is 30.0 Å². The quantitative estimate of drug-likeness (QED) is 0.702. The molecule has 2 heterocycles. The van der Waals surface area contributed by atoms with Gasteiger partial charge >= 0.3 is 0 Å². The molecule has 30 heavy (non-hydrogen) atoms. The number of thioether (sulfide) groups is 1. The first kappa shape index (κ1) is 20.7. The molecule has 2 aromatic rings. The van der Waals surface area contributed by atoms with Crippen LogP contribution in [-0.4, -0.2) is 41.0 Å². The van der Waals surface area contributed by atoms with Crippen LogP contribution in [0.2, 0.25) is 5.02 Å². The van der Waals surface area contributed by atoms with Gasteiger partial charge in [-0.1, -0.05) is 23.7 Å². The molecule has 1 saturated heterocycles. The average molecular weight is 448 g/mol. The highest BCUT2D eigenvalue weighted by atomic mass is 35.5. The standard InChI is InChI=1S/C21H19ClFN3O3S/c22-14-11-13(5-6-15(14)23)24-19(27)12-7-9-26(10-8-12)21(29)18-20(28)25-16-3-1-2-4-17(16)30-18/h1-6,11-12,18H,7-10H2,(H,24,27)(H,25,28)/t18-/m1/s1. The number of para-hydroxylation sites is 1. The highest BCUT2D eigenvalue weighted by molar-refractivity contribution is 8.01. The van der Waals surface area contributed by atoms with E-state index >= 15 is 0 Å². The third kappa shape index (κ3) is 4.29. The lowest BCUT2D eigenvalue weighted by molar-refractivity contribution is -0.136. The highest BCUT2D eigenvalue weighted by Crippen LogP contribution is 2.36. The van der Waals surface area contributed by atoms with Crippen molar-refractivity contribution in [2.75, 3.05) is 23.7 Å². The van der Waals surface area contributed by atoms with E-state index in [0.29, 0.717) is 37.3 Å². The van der Waals surface area contributed by atoms with Gasteiger partial charge in [-0.15, -0.1) is 11.8 Å². The zero-order chi connectivity index (χ0) is 21.3. The van der Waals surface area contributed by atoms with Gasteiger partial charge < -0.3 is 15.5 Å². The van der Waals surface area contributed by atoms with Gasteiger partial charge in [-0.2, -0.15) is 0 Å². The maximum atomic E-state index is 13.3. The van der Waals surface area contributed by atoms with Crippen molar-refractivity contribution >= 4 is 52.5 Å². The zero-order valence-electron chi connectivity index (χ0n) is 15.9. The molecule has 2 aliphatic rings. The minimum Gasteiger partial charge on any atom is -0.341 e. The largest absolute Gasteiger partial charge is 0.341 e. The first-order valence-electron chi connectivity index (χ1n) is 9.53. The smallest absolute Gasteiger partial charge is 0.247 e. The van der Waals surface area contributed by atoms with Gasteiger partial charge in [-0.25, -0.2) is 4.39 Å². The molecule has 3 amide bonds. The van der Waals surface area contributed by atoms with E-state index in [4.69, 9.17) is 11.6 Å². The molecule has 0 radical (unpaired) electrons. The van der Waals surface area contributed by atoms with Gasteiger partial charge in [0.15, 0.2) is 5.25 Å². The van der Waals surface area contributed by atoms with Crippen LogP contribution < -0.4 is 10.6 Å². The van der Waals surface area contributed by atoms with Gasteiger partial charge in [0.05, 0.1) is 10.7 Å². The Kier molecular flexibility index (Phi) is 5.97. The van der Waals surface area contributed by atoms with Gasteiger partial charge in [-0.05, 0) is 43.2 Å². The molecule has 2 aromatic carbocycles. The van der Waals surface area contributed by atoms with Crippen LogP contribution in [0.1, 0.15) is 12.8 Å². The second kappa shape index (κ2) is 8.65. The molecule has 1 atom stereocenters. The number of fused-ring (bicyclic) bond motifs is 1. The molecule has 4 rings (SSSR count).